The van der Waals surface area contributed by atoms with Crippen molar-refractivity contribution in [3.63, 3.8) is 0 Å². The zero-order valence-electron chi connectivity index (χ0n) is 9.03. The minimum absolute atomic E-state index is 0.618. The Morgan fingerprint density at radius 3 is 3.06 bits per heavy atom. The lowest BCUT2D eigenvalue weighted by Crippen LogP contribution is -1.95. The molecule has 84 valence electrons. The van der Waals surface area contributed by atoms with Gasteiger partial charge in [0.25, 0.3) is 0 Å². The predicted molar refractivity (Wildman–Crippen MR) is 72.3 cm³/mol. The molecule has 1 aliphatic carbocycles. The van der Waals surface area contributed by atoms with Crippen LogP contribution in [0.25, 0.3) is 11.0 Å². The standard InChI is InChI=1S/C12H13BrN2S/c1-2-7-5-11(7)15-10-4-3-8(13)6-9(10)14-12(15)16/h3-4,6-7,11H,2,5H2,1H3,(H,14,16). The normalized spacial score (nSPS) is 23.9. The first-order valence-corrected chi connectivity index (χ1v) is 6.80. The Balaban J connectivity index is 2.17. The Bertz CT molecular complexity index is 599. The molecule has 2 unspecified atom stereocenters. The highest BCUT2D eigenvalue weighted by Crippen LogP contribution is 2.47. The second kappa shape index (κ2) is 3.70. The summed E-state index contributed by atoms with van der Waals surface area (Å²) < 4.78 is 4.23. The van der Waals surface area contributed by atoms with E-state index in [9.17, 15) is 0 Å². The highest BCUT2D eigenvalue weighted by atomic mass is 79.9. The molecular formula is C12H13BrN2S. The fraction of sp³-hybridized carbons (Fsp3) is 0.417. The first-order valence-electron chi connectivity index (χ1n) is 5.60. The van der Waals surface area contributed by atoms with Crippen molar-refractivity contribution in [2.24, 2.45) is 5.92 Å². The second-order valence-corrected chi connectivity index (χ2v) is 5.74. The number of hydrogen-bond acceptors (Lipinski definition) is 1. The lowest BCUT2D eigenvalue weighted by Gasteiger charge is -2.02. The average Bonchev–Trinajstić information content (AvgIpc) is 2.94. The number of nitrogens with zero attached hydrogens (tertiary/aromatic N) is 1. The fourth-order valence-corrected chi connectivity index (χ4v) is 3.12. The Labute approximate surface area is 108 Å². The summed E-state index contributed by atoms with van der Waals surface area (Å²) in [6, 6.07) is 6.92. The lowest BCUT2D eigenvalue weighted by atomic mass is 10.3. The number of halogens is 1. The van der Waals surface area contributed by atoms with E-state index in [1.807, 2.05) is 0 Å². The lowest BCUT2D eigenvalue weighted by molar-refractivity contribution is 0.648. The molecule has 0 bridgehead atoms. The van der Waals surface area contributed by atoms with E-state index in [-0.39, 0.29) is 0 Å². The summed E-state index contributed by atoms with van der Waals surface area (Å²) in [4.78, 5) is 3.28. The van der Waals surface area contributed by atoms with Crippen molar-refractivity contribution >= 4 is 39.2 Å². The minimum atomic E-state index is 0.618. The molecule has 1 fully saturated rings. The largest absolute Gasteiger partial charge is 0.331 e. The van der Waals surface area contributed by atoms with Crippen molar-refractivity contribution in [3.05, 3.63) is 27.4 Å². The van der Waals surface area contributed by atoms with Crippen LogP contribution in [0.2, 0.25) is 0 Å². The van der Waals surface area contributed by atoms with Crippen LogP contribution in [0.15, 0.2) is 22.7 Å². The van der Waals surface area contributed by atoms with E-state index in [1.165, 1.54) is 18.4 Å². The molecule has 1 saturated carbocycles. The molecule has 3 rings (SSSR count). The number of nitrogens with one attached hydrogen (secondary N) is 1. The van der Waals surface area contributed by atoms with Gasteiger partial charge in [0.15, 0.2) is 4.77 Å². The van der Waals surface area contributed by atoms with E-state index < -0.39 is 0 Å². The number of benzene rings is 1. The molecule has 0 spiro atoms. The Hall–Kier alpha value is -0.610. The fourth-order valence-electron chi connectivity index (χ4n) is 2.42. The van der Waals surface area contributed by atoms with Gasteiger partial charge in [-0.25, -0.2) is 0 Å². The van der Waals surface area contributed by atoms with Crippen LogP contribution in [0.3, 0.4) is 0 Å². The Morgan fingerprint density at radius 1 is 1.56 bits per heavy atom. The molecule has 0 radical (unpaired) electrons. The average molecular weight is 297 g/mol. The molecule has 0 aliphatic heterocycles. The molecule has 0 saturated heterocycles. The first-order chi connectivity index (χ1) is 7.70. The highest BCUT2D eigenvalue weighted by Gasteiger charge is 2.38. The van der Waals surface area contributed by atoms with E-state index in [0.29, 0.717) is 6.04 Å². The van der Waals surface area contributed by atoms with Crippen molar-refractivity contribution in [1.29, 1.82) is 0 Å². The van der Waals surface area contributed by atoms with Gasteiger partial charge in [0, 0.05) is 10.5 Å². The predicted octanol–water partition coefficient (Wildman–Crippen LogP) is 4.43. The minimum Gasteiger partial charge on any atom is -0.331 e. The van der Waals surface area contributed by atoms with Gasteiger partial charge >= 0.3 is 0 Å². The maximum absolute atomic E-state index is 5.41. The topological polar surface area (TPSA) is 20.7 Å². The molecule has 2 aromatic rings. The Kier molecular flexibility index (Phi) is 2.44. The number of H-pyrrole nitrogens is 1. The third-order valence-corrected chi connectivity index (χ3v) is 4.21. The molecule has 2 atom stereocenters. The molecule has 4 heteroatoms. The summed E-state index contributed by atoms with van der Waals surface area (Å²) in [7, 11) is 0. The van der Waals surface area contributed by atoms with E-state index in [4.69, 9.17) is 12.2 Å². The SMILES string of the molecule is CCC1CC1n1c(=S)[nH]c2cc(Br)ccc21. The van der Waals surface area contributed by atoms with E-state index in [0.717, 1.165) is 20.7 Å². The monoisotopic (exact) mass is 296 g/mol. The summed E-state index contributed by atoms with van der Waals surface area (Å²) in [6.07, 6.45) is 2.52. The van der Waals surface area contributed by atoms with Crippen LogP contribution in [-0.4, -0.2) is 9.55 Å². The third-order valence-electron chi connectivity index (χ3n) is 3.42. The van der Waals surface area contributed by atoms with Gasteiger partial charge in [-0.05, 0) is 42.8 Å². The van der Waals surface area contributed by atoms with Gasteiger partial charge < -0.3 is 9.55 Å². The van der Waals surface area contributed by atoms with Crippen LogP contribution >= 0.6 is 28.1 Å². The van der Waals surface area contributed by atoms with Crippen LogP contribution in [0.4, 0.5) is 0 Å². The molecular weight excluding hydrogens is 284 g/mol. The van der Waals surface area contributed by atoms with Crippen molar-refractivity contribution < 1.29 is 0 Å². The second-order valence-electron chi connectivity index (χ2n) is 4.43. The number of imidazole rings is 1. The van der Waals surface area contributed by atoms with Crippen LogP contribution in [0.1, 0.15) is 25.8 Å². The van der Waals surface area contributed by atoms with Gasteiger partial charge in [0.1, 0.15) is 0 Å². The summed E-state index contributed by atoms with van der Waals surface area (Å²) >= 11 is 8.89. The van der Waals surface area contributed by atoms with E-state index in [1.54, 1.807) is 0 Å². The summed E-state index contributed by atoms with van der Waals surface area (Å²) in [6.45, 7) is 2.25. The van der Waals surface area contributed by atoms with Gasteiger partial charge in [0.2, 0.25) is 0 Å². The molecule has 1 aliphatic rings. The first kappa shape index (κ1) is 10.5. The van der Waals surface area contributed by atoms with Gasteiger partial charge in [-0.1, -0.05) is 29.3 Å². The number of rotatable bonds is 2. The smallest absolute Gasteiger partial charge is 0.178 e. The highest BCUT2D eigenvalue weighted by molar-refractivity contribution is 9.10. The summed E-state index contributed by atoms with van der Waals surface area (Å²) in [5.41, 5.74) is 2.36. The zero-order chi connectivity index (χ0) is 11.3. The van der Waals surface area contributed by atoms with E-state index >= 15 is 0 Å². The molecule has 0 amide bonds. The van der Waals surface area contributed by atoms with Crippen molar-refractivity contribution in [1.82, 2.24) is 9.55 Å². The van der Waals surface area contributed by atoms with Crippen molar-refractivity contribution in [2.45, 2.75) is 25.8 Å². The molecule has 16 heavy (non-hydrogen) atoms. The van der Waals surface area contributed by atoms with Crippen LogP contribution < -0.4 is 0 Å². The van der Waals surface area contributed by atoms with Crippen LogP contribution in [0.5, 0.6) is 0 Å². The van der Waals surface area contributed by atoms with Gasteiger partial charge in [0.05, 0.1) is 11.0 Å². The van der Waals surface area contributed by atoms with Crippen molar-refractivity contribution in [3.8, 4) is 0 Å². The molecule has 2 nitrogen and oxygen atoms in total. The molecule has 1 aromatic heterocycles. The van der Waals surface area contributed by atoms with Gasteiger partial charge in [-0.15, -0.1) is 0 Å². The maximum atomic E-state index is 5.41. The maximum Gasteiger partial charge on any atom is 0.178 e. The number of hydrogen-bond donors (Lipinski definition) is 1. The van der Waals surface area contributed by atoms with Crippen LogP contribution in [0, 0.1) is 10.7 Å². The van der Waals surface area contributed by atoms with Crippen LogP contribution in [-0.2, 0) is 0 Å². The third kappa shape index (κ3) is 1.55. The van der Waals surface area contributed by atoms with Crippen molar-refractivity contribution in [2.75, 3.05) is 0 Å². The van der Waals surface area contributed by atoms with Gasteiger partial charge in [-0.3, -0.25) is 0 Å². The zero-order valence-corrected chi connectivity index (χ0v) is 11.4. The number of aromatic nitrogens is 2. The summed E-state index contributed by atoms with van der Waals surface area (Å²) in [5.74, 6) is 0.814. The molecule has 1 heterocycles. The number of fused-ring (bicyclic) bond motifs is 1. The number of aromatic amines is 1. The van der Waals surface area contributed by atoms with E-state index in [2.05, 4.69) is 50.6 Å². The Morgan fingerprint density at radius 2 is 2.38 bits per heavy atom. The molecule has 1 N–H and O–H groups in total. The van der Waals surface area contributed by atoms with Gasteiger partial charge in [-0.2, -0.15) is 0 Å². The quantitative estimate of drug-likeness (QED) is 0.813. The molecule has 1 aromatic carbocycles. The summed E-state index contributed by atoms with van der Waals surface area (Å²) in [5, 5.41) is 0.